The number of amides is 1. The van der Waals surface area contributed by atoms with Crippen LogP contribution in [0.1, 0.15) is 19.8 Å². The van der Waals surface area contributed by atoms with E-state index in [2.05, 4.69) is 29.5 Å². The van der Waals surface area contributed by atoms with Crippen LogP contribution in [0, 0.1) is 11.8 Å². The van der Waals surface area contributed by atoms with Gasteiger partial charge in [-0.05, 0) is 38.9 Å². The minimum atomic E-state index is 0.176. The van der Waals surface area contributed by atoms with Crippen LogP contribution in [0.3, 0.4) is 0 Å². The third-order valence-corrected chi connectivity index (χ3v) is 3.68. The van der Waals surface area contributed by atoms with Crippen LogP contribution in [0.2, 0.25) is 0 Å². The van der Waals surface area contributed by atoms with Gasteiger partial charge in [-0.3, -0.25) is 4.79 Å². The standard InChI is InChI=1S/C12H23N3O/c1-9-5-10(7-13-6-9)12(16)14-11-3-4-15(2)8-11/h9-11,13H,3-8H2,1-2H3,(H,14,16). The number of piperidine rings is 1. The molecule has 3 unspecified atom stereocenters. The Labute approximate surface area is 97.8 Å². The number of likely N-dealkylation sites (N-methyl/N-ethyl adjacent to an activating group) is 1. The molecule has 2 aliphatic heterocycles. The average Bonchev–Trinajstić information content (AvgIpc) is 2.64. The Morgan fingerprint density at radius 1 is 1.44 bits per heavy atom. The van der Waals surface area contributed by atoms with Crippen molar-refractivity contribution in [2.45, 2.75) is 25.8 Å². The maximum Gasteiger partial charge on any atom is 0.224 e. The second-order valence-electron chi connectivity index (χ2n) is 5.45. The molecule has 3 atom stereocenters. The Kier molecular flexibility index (Phi) is 3.82. The lowest BCUT2D eigenvalue weighted by molar-refractivity contribution is -0.126. The lowest BCUT2D eigenvalue weighted by Gasteiger charge is -2.28. The van der Waals surface area contributed by atoms with Gasteiger partial charge in [0.1, 0.15) is 0 Å². The van der Waals surface area contributed by atoms with Crippen LogP contribution in [0.5, 0.6) is 0 Å². The molecule has 0 aromatic rings. The Morgan fingerprint density at radius 2 is 2.25 bits per heavy atom. The molecule has 92 valence electrons. The molecule has 0 spiro atoms. The largest absolute Gasteiger partial charge is 0.352 e. The number of hydrogen-bond donors (Lipinski definition) is 2. The van der Waals surface area contributed by atoms with Crippen molar-refractivity contribution in [1.82, 2.24) is 15.5 Å². The van der Waals surface area contributed by atoms with Gasteiger partial charge in [-0.25, -0.2) is 0 Å². The molecule has 0 bridgehead atoms. The summed E-state index contributed by atoms with van der Waals surface area (Å²) in [7, 11) is 2.11. The molecular weight excluding hydrogens is 202 g/mol. The van der Waals surface area contributed by atoms with Crippen LogP contribution in [0.4, 0.5) is 0 Å². The van der Waals surface area contributed by atoms with E-state index < -0.39 is 0 Å². The van der Waals surface area contributed by atoms with Gasteiger partial charge in [-0.2, -0.15) is 0 Å². The molecule has 1 amide bonds. The molecule has 2 aliphatic rings. The smallest absolute Gasteiger partial charge is 0.224 e. The van der Waals surface area contributed by atoms with E-state index in [1.807, 2.05) is 0 Å². The maximum absolute atomic E-state index is 12.0. The first-order valence-electron chi connectivity index (χ1n) is 6.35. The van der Waals surface area contributed by atoms with Crippen molar-refractivity contribution in [1.29, 1.82) is 0 Å². The summed E-state index contributed by atoms with van der Waals surface area (Å²) in [6, 6.07) is 0.370. The highest BCUT2D eigenvalue weighted by molar-refractivity contribution is 5.79. The molecular formula is C12H23N3O. The summed E-state index contributed by atoms with van der Waals surface area (Å²) in [6.07, 6.45) is 2.12. The molecule has 0 aromatic heterocycles. The first-order valence-corrected chi connectivity index (χ1v) is 6.35. The third kappa shape index (κ3) is 2.95. The monoisotopic (exact) mass is 225 g/mol. The first-order chi connectivity index (χ1) is 7.65. The van der Waals surface area contributed by atoms with Crippen molar-refractivity contribution in [3.8, 4) is 0 Å². The lowest BCUT2D eigenvalue weighted by atomic mass is 9.91. The number of likely N-dealkylation sites (tertiary alicyclic amines) is 1. The average molecular weight is 225 g/mol. The molecule has 0 radical (unpaired) electrons. The van der Waals surface area contributed by atoms with Crippen LogP contribution in [0.15, 0.2) is 0 Å². The highest BCUT2D eigenvalue weighted by atomic mass is 16.2. The van der Waals surface area contributed by atoms with Crippen molar-refractivity contribution >= 4 is 5.91 Å². The zero-order chi connectivity index (χ0) is 11.5. The Balaban J connectivity index is 1.78. The van der Waals surface area contributed by atoms with Gasteiger partial charge in [0.2, 0.25) is 5.91 Å². The predicted molar refractivity (Wildman–Crippen MR) is 64.2 cm³/mol. The van der Waals surface area contributed by atoms with E-state index in [1.165, 1.54) is 0 Å². The van der Waals surface area contributed by atoms with Crippen LogP contribution in [-0.4, -0.2) is 50.1 Å². The minimum absolute atomic E-state index is 0.176. The van der Waals surface area contributed by atoms with E-state index >= 15 is 0 Å². The fourth-order valence-corrected chi connectivity index (χ4v) is 2.73. The number of carbonyl (C=O) groups is 1. The molecule has 16 heavy (non-hydrogen) atoms. The van der Waals surface area contributed by atoms with Gasteiger partial charge in [0, 0.05) is 19.1 Å². The zero-order valence-corrected chi connectivity index (χ0v) is 10.3. The van der Waals surface area contributed by atoms with Crippen LogP contribution in [0.25, 0.3) is 0 Å². The molecule has 4 nitrogen and oxygen atoms in total. The van der Waals surface area contributed by atoms with Crippen molar-refractivity contribution in [2.24, 2.45) is 11.8 Å². The van der Waals surface area contributed by atoms with E-state index in [9.17, 15) is 4.79 Å². The first kappa shape index (κ1) is 11.9. The Hall–Kier alpha value is -0.610. The molecule has 2 N–H and O–H groups in total. The van der Waals surface area contributed by atoms with Gasteiger partial charge in [0.05, 0.1) is 5.92 Å². The summed E-state index contributed by atoms with van der Waals surface area (Å²) in [4.78, 5) is 14.3. The van der Waals surface area contributed by atoms with E-state index in [0.29, 0.717) is 12.0 Å². The Bertz CT molecular complexity index is 257. The van der Waals surface area contributed by atoms with Crippen LogP contribution in [-0.2, 0) is 4.79 Å². The maximum atomic E-state index is 12.0. The fourth-order valence-electron chi connectivity index (χ4n) is 2.73. The lowest BCUT2D eigenvalue weighted by Crippen LogP contribution is -2.46. The van der Waals surface area contributed by atoms with E-state index in [1.54, 1.807) is 0 Å². The Morgan fingerprint density at radius 3 is 2.88 bits per heavy atom. The number of nitrogens with zero attached hydrogens (tertiary/aromatic N) is 1. The number of hydrogen-bond acceptors (Lipinski definition) is 3. The molecule has 2 saturated heterocycles. The normalized spacial score (nSPS) is 36.2. The second kappa shape index (κ2) is 5.15. The van der Waals surface area contributed by atoms with Gasteiger partial charge in [-0.1, -0.05) is 6.92 Å². The van der Waals surface area contributed by atoms with Crippen molar-refractivity contribution in [2.75, 3.05) is 33.2 Å². The number of nitrogens with one attached hydrogen (secondary N) is 2. The summed E-state index contributed by atoms with van der Waals surface area (Å²) < 4.78 is 0. The molecule has 2 heterocycles. The van der Waals surface area contributed by atoms with E-state index in [-0.39, 0.29) is 11.8 Å². The van der Waals surface area contributed by atoms with E-state index in [4.69, 9.17) is 0 Å². The number of carbonyl (C=O) groups excluding carboxylic acids is 1. The summed E-state index contributed by atoms with van der Waals surface area (Å²) in [5.41, 5.74) is 0. The quantitative estimate of drug-likeness (QED) is 0.698. The second-order valence-corrected chi connectivity index (χ2v) is 5.45. The van der Waals surface area contributed by atoms with Gasteiger partial charge in [0.15, 0.2) is 0 Å². The van der Waals surface area contributed by atoms with Crippen molar-refractivity contribution < 1.29 is 4.79 Å². The van der Waals surface area contributed by atoms with Crippen molar-refractivity contribution in [3.63, 3.8) is 0 Å². The molecule has 2 fully saturated rings. The van der Waals surface area contributed by atoms with Crippen LogP contribution >= 0.6 is 0 Å². The SMILES string of the molecule is CC1CNCC(C(=O)NC2CCN(C)C2)C1. The predicted octanol–water partition coefficient (Wildman–Crippen LogP) is 0.0523. The third-order valence-electron chi connectivity index (χ3n) is 3.68. The molecule has 0 aliphatic carbocycles. The highest BCUT2D eigenvalue weighted by Crippen LogP contribution is 2.16. The van der Waals surface area contributed by atoms with Gasteiger partial charge in [-0.15, -0.1) is 0 Å². The van der Waals surface area contributed by atoms with Gasteiger partial charge in [0.25, 0.3) is 0 Å². The topological polar surface area (TPSA) is 44.4 Å². The molecule has 0 aromatic carbocycles. The molecule has 4 heteroatoms. The van der Waals surface area contributed by atoms with Crippen molar-refractivity contribution in [3.05, 3.63) is 0 Å². The zero-order valence-electron chi connectivity index (χ0n) is 10.3. The minimum Gasteiger partial charge on any atom is -0.352 e. The highest BCUT2D eigenvalue weighted by Gasteiger charge is 2.28. The molecule has 0 saturated carbocycles. The van der Waals surface area contributed by atoms with Gasteiger partial charge >= 0.3 is 0 Å². The van der Waals surface area contributed by atoms with E-state index in [0.717, 1.165) is 39.0 Å². The summed E-state index contributed by atoms with van der Waals surface area (Å²) in [5, 5.41) is 6.51. The number of rotatable bonds is 2. The summed E-state index contributed by atoms with van der Waals surface area (Å²) in [6.45, 7) is 6.20. The fraction of sp³-hybridized carbons (Fsp3) is 0.917. The summed E-state index contributed by atoms with van der Waals surface area (Å²) in [5.74, 6) is 1.05. The van der Waals surface area contributed by atoms with Crippen LogP contribution < -0.4 is 10.6 Å². The molecule has 2 rings (SSSR count). The van der Waals surface area contributed by atoms with Gasteiger partial charge < -0.3 is 15.5 Å². The summed E-state index contributed by atoms with van der Waals surface area (Å²) >= 11 is 0.